The fourth-order valence-corrected chi connectivity index (χ4v) is 2.21. The molecule has 0 saturated carbocycles. The summed E-state index contributed by atoms with van der Waals surface area (Å²) in [5.41, 5.74) is 1.71. The zero-order valence-corrected chi connectivity index (χ0v) is 11.3. The topological polar surface area (TPSA) is 30.0 Å². The fourth-order valence-electron chi connectivity index (χ4n) is 1.80. The molecule has 0 aliphatic heterocycles. The van der Waals surface area contributed by atoms with Crippen LogP contribution in [0.4, 0.5) is 0 Å². The van der Waals surface area contributed by atoms with Crippen LogP contribution < -0.4 is 0 Å². The first-order valence-corrected chi connectivity index (χ1v) is 7.03. The van der Waals surface area contributed by atoms with Gasteiger partial charge in [-0.2, -0.15) is 0 Å². The number of thioether (sulfide) groups is 1. The van der Waals surface area contributed by atoms with Gasteiger partial charge in [-0.3, -0.25) is 9.78 Å². The second-order valence-electron chi connectivity index (χ2n) is 4.10. The van der Waals surface area contributed by atoms with E-state index in [1.165, 1.54) is 4.90 Å². The van der Waals surface area contributed by atoms with Gasteiger partial charge in [0.25, 0.3) is 0 Å². The first kappa shape index (κ1) is 12.8. The molecule has 2 aromatic rings. The highest BCUT2D eigenvalue weighted by molar-refractivity contribution is 7.98. The SMILES string of the molecule is CSc1ccc(C(C)C(=O)c2cccnc2)cc1. The van der Waals surface area contributed by atoms with Crippen LogP contribution in [0, 0.1) is 0 Å². The van der Waals surface area contributed by atoms with E-state index in [4.69, 9.17) is 0 Å². The van der Waals surface area contributed by atoms with Crippen molar-refractivity contribution in [1.29, 1.82) is 0 Å². The molecule has 0 fully saturated rings. The minimum absolute atomic E-state index is 0.111. The average molecular weight is 257 g/mol. The molecule has 1 unspecified atom stereocenters. The summed E-state index contributed by atoms with van der Waals surface area (Å²) in [6, 6.07) is 11.7. The number of carbonyl (C=O) groups excluding carboxylic acids is 1. The number of Topliss-reactive ketones (excluding diaryl/α,β-unsaturated/α-hetero) is 1. The summed E-state index contributed by atoms with van der Waals surface area (Å²) in [7, 11) is 0. The van der Waals surface area contributed by atoms with Crippen molar-refractivity contribution >= 4 is 17.5 Å². The Labute approximate surface area is 111 Å². The van der Waals surface area contributed by atoms with E-state index >= 15 is 0 Å². The molecule has 1 heterocycles. The van der Waals surface area contributed by atoms with Crippen LogP contribution in [0.2, 0.25) is 0 Å². The Balaban J connectivity index is 2.20. The lowest BCUT2D eigenvalue weighted by Crippen LogP contribution is -2.09. The maximum Gasteiger partial charge on any atom is 0.171 e. The van der Waals surface area contributed by atoms with Crippen LogP contribution in [-0.2, 0) is 0 Å². The third kappa shape index (κ3) is 2.79. The normalized spacial score (nSPS) is 12.1. The monoisotopic (exact) mass is 257 g/mol. The molecule has 0 aliphatic carbocycles. The van der Waals surface area contributed by atoms with Gasteiger partial charge in [-0.15, -0.1) is 11.8 Å². The first-order valence-electron chi connectivity index (χ1n) is 5.80. The molecule has 0 radical (unpaired) electrons. The van der Waals surface area contributed by atoms with E-state index < -0.39 is 0 Å². The van der Waals surface area contributed by atoms with Crippen LogP contribution in [0.25, 0.3) is 0 Å². The average Bonchev–Trinajstić information content (AvgIpc) is 2.47. The summed E-state index contributed by atoms with van der Waals surface area (Å²) in [4.78, 5) is 17.4. The van der Waals surface area contributed by atoms with Gasteiger partial charge in [0, 0.05) is 28.8 Å². The molecule has 0 spiro atoms. The molecule has 0 N–H and O–H groups in total. The van der Waals surface area contributed by atoms with Crippen molar-refractivity contribution in [3.63, 3.8) is 0 Å². The summed E-state index contributed by atoms with van der Waals surface area (Å²) in [6.07, 6.45) is 5.34. The van der Waals surface area contributed by atoms with E-state index in [1.54, 1.807) is 30.2 Å². The molecular formula is C15H15NOS. The molecule has 92 valence electrons. The molecule has 18 heavy (non-hydrogen) atoms. The Kier molecular flexibility index (Phi) is 4.15. The zero-order chi connectivity index (χ0) is 13.0. The Morgan fingerprint density at radius 1 is 1.22 bits per heavy atom. The number of hydrogen-bond acceptors (Lipinski definition) is 3. The second-order valence-corrected chi connectivity index (χ2v) is 4.98. The molecule has 1 aromatic carbocycles. The maximum absolute atomic E-state index is 12.3. The lowest BCUT2D eigenvalue weighted by Gasteiger charge is -2.11. The largest absolute Gasteiger partial charge is 0.293 e. The molecule has 0 saturated heterocycles. The van der Waals surface area contributed by atoms with Crippen LogP contribution in [-0.4, -0.2) is 17.0 Å². The van der Waals surface area contributed by atoms with Gasteiger partial charge in [0.2, 0.25) is 0 Å². The van der Waals surface area contributed by atoms with E-state index in [9.17, 15) is 4.79 Å². The van der Waals surface area contributed by atoms with E-state index in [1.807, 2.05) is 43.5 Å². The molecule has 3 heteroatoms. The number of benzene rings is 1. The third-order valence-corrected chi connectivity index (χ3v) is 3.70. The van der Waals surface area contributed by atoms with Crippen molar-refractivity contribution in [3.05, 3.63) is 59.9 Å². The quantitative estimate of drug-likeness (QED) is 0.616. The smallest absolute Gasteiger partial charge is 0.171 e. The van der Waals surface area contributed by atoms with Gasteiger partial charge in [-0.05, 0) is 36.1 Å². The lowest BCUT2D eigenvalue weighted by molar-refractivity contribution is 0.0965. The van der Waals surface area contributed by atoms with Gasteiger partial charge < -0.3 is 0 Å². The highest BCUT2D eigenvalue weighted by atomic mass is 32.2. The molecule has 2 rings (SSSR count). The minimum Gasteiger partial charge on any atom is -0.293 e. The van der Waals surface area contributed by atoms with Crippen molar-refractivity contribution in [2.24, 2.45) is 0 Å². The highest BCUT2D eigenvalue weighted by Gasteiger charge is 2.16. The van der Waals surface area contributed by atoms with Crippen molar-refractivity contribution in [2.45, 2.75) is 17.7 Å². The fraction of sp³-hybridized carbons (Fsp3) is 0.200. The maximum atomic E-state index is 12.3. The van der Waals surface area contributed by atoms with Crippen molar-refractivity contribution in [1.82, 2.24) is 4.98 Å². The Morgan fingerprint density at radius 3 is 2.50 bits per heavy atom. The Hall–Kier alpha value is -1.61. The molecule has 1 atom stereocenters. The molecule has 1 aromatic heterocycles. The van der Waals surface area contributed by atoms with E-state index in [0.29, 0.717) is 5.56 Å². The van der Waals surface area contributed by atoms with Gasteiger partial charge >= 0.3 is 0 Å². The molecule has 0 bridgehead atoms. The number of carbonyl (C=O) groups is 1. The predicted octanol–water partition coefficient (Wildman–Crippen LogP) is 3.79. The minimum atomic E-state index is -0.134. The molecule has 0 amide bonds. The number of hydrogen-bond donors (Lipinski definition) is 0. The Morgan fingerprint density at radius 2 is 1.94 bits per heavy atom. The van der Waals surface area contributed by atoms with Crippen LogP contribution >= 0.6 is 11.8 Å². The number of ketones is 1. The third-order valence-electron chi connectivity index (χ3n) is 2.96. The zero-order valence-electron chi connectivity index (χ0n) is 10.5. The summed E-state index contributed by atoms with van der Waals surface area (Å²) in [6.45, 7) is 1.93. The van der Waals surface area contributed by atoms with Crippen LogP contribution in [0.5, 0.6) is 0 Å². The predicted molar refractivity (Wildman–Crippen MR) is 75.2 cm³/mol. The van der Waals surface area contributed by atoms with Crippen LogP contribution in [0.15, 0.2) is 53.7 Å². The van der Waals surface area contributed by atoms with Gasteiger partial charge in [-0.1, -0.05) is 19.1 Å². The summed E-state index contributed by atoms with van der Waals surface area (Å²) >= 11 is 1.70. The summed E-state index contributed by atoms with van der Waals surface area (Å²) in [5.74, 6) is -0.0230. The van der Waals surface area contributed by atoms with Crippen molar-refractivity contribution in [3.8, 4) is 0 Å². The van der Waals surface area contributed by atoms with E-state index in [0.717, 1.165) is 5.56 Å². The summed E-state index contributed by atoms with van der Waals surface area (Å²) < 4.78 is 0. The highest BCUT2D eigenvalue weighted by Crippen LogP contribution is 2.23. The number of rotatable bonds is 4. The van der Waals surface area contributed by atoms with Gasteiger partial charge in [0.1, 0.15) is 0 Å². The van der Waals surface area contributed by atoms with Crippen LogP contribution in [0.3, 0.4) is 0 Å². The number of aromatic nitrogens is 1. The molecule has 0 aliphatic rings. The van der Waals surface area contributed by atoms with Crippen molar-refractivity contribution < 1.29 is 4.79 Å². The molecular weight excluding hydrogens is 242 g/mol. The van der Waals surface area contributed by atoms with Gasteiger partial charge in [0.15, 0.2) is 5.78 Å². The number of pyridine rings is 1. The van der Waals surface area contributed by atoms with Gasteiger partial charge in [0.05, 0.1) is 0 Å². The Bertz CT molecular complexity index is 522. The van der Waals surface area contributed by atoms with Gasteiger partial charge in [-0.25, -0.2) is 0 Å². The van der Waals surface area contributed by atoms with E-state index in [2.05, 4.69) is 4.98 Å². The first-order chi connectivity index (χ1) is 8.72. The molecule has 2 nitrogen and oxygen atoms in total. The standard InChI is InChI=1S/C15H15NOS/c1-11(12-5-7-14(18-2)8-6-12)15(17)13-4-3-9-16-10-13/h3-11H,1-2H3. The summed E-state index contributed by atoms with van der Waals surface area (Å²) in [5, 5.41) is 0. The number of nitrogens with zero attached hydrogens (tertiary/aromatic N) is 1. The van der Waals surface area contributed by atoms with Crippen LogP contribution in [0.1, 0.15) is 28.8 Å². The second kappa shape index (κ2) is 5.83. The van der Waals surface area contributed by atoms with E-state index in [-0.39, 0.29) is 11.7 Å². The lowest BCUT2D eigenvalue weighted by atomic mass is 9.93. The van der Waals surface area contributed by atoms with Crippen molar-refractivity contribution in [2.75, 3.05) is 6.26 Å².